The van der Waals surface area contributed by atoms with Gasteiger partial charge in [-0.25, -0.2) is 0 Å². The first-order valence-corrected chi connectivity index (χ1v) is 8.51. The van der Waals surface area contributed by atoms with Gasteiger partial charge in [0.1, 0.15) is 5.56 Å². The molecule has 0 N–H and O–H groups in total. The molecule has 0 aliphatic carbocycles. The summed E-state index contributed by atoms with van der Waals surface area (Å²) in [6, 6.07) is 3.93. The van der Waals surface area contributed by atoms with Gasteiger partial charge in [-0.3, -0.25) is 29.4 Å². The Hall–Kier alpha value is -2.35. The molecular weight excluding hydrogens is 308 g/mol. The zero-order valence-electron chi connectivity index (χ0n) is 12.1. The number of rotatable bonds is 5. The van der Waals surface area contributed by atoms with Gasteiger partial charge in [-0.15, -0.1) is 0 Å². The molecule has 8 heteroatoms. The van der Waals surface area contributed by atoms with Gasteiger partial charge in [-0.2, -0.15) is 10.5 Å². The second-order valence-corrected chi connectivity index (χ2v) is 6.93. The van der Waals surface area contributed by atoms with E-state index in [2.05, 4.69) is 0 Å². The van der Waals surface area contributed by atoms with E-state index in [1.165, 1.54) is 18.2 Å². The van der Waals surface area contributed by atoms with Gasteiger partial charge in [0.2, 0.25) is 0 Å². The summed E-state index contributed by atoms with van der Waals surface area (Å²) < 4.78 is 0. The zero-order chi connectivity index (χ0) is 16.4. The van der Waals surface area contributed by atoms with E-state index in [1.807, 2.05) is 12.5 Å². The van der Waals surface area contributed by atoms with Crippen molar-refractivity contribution in [1.82, 2.24) is 4.90 Å². The number of carbonyl (C=O) groups is 3. The van der Waals surface area contributed by atoms with E-state index in [-0.39, 0.29) is 46.0 Å². The van der Waals surface area contributed by atoms with Crippen molar-refractivity contribution in [2.24, 2.45) is 0 Å². The van der Waals surface area contributed by atoms with Crippen molar-refractivity contribution in [2.75, 3.05) is 19.1 Å². The second-order valence-electron chi connectivity index (χ2n) is 4.93. The van der Waals surface area contributed by atoms with Crippen LogP contribution in [0.3, 0.4) is 0 Å². The average molecular weight is 322 g/mol. The maximum atomic E-state index is 12.2. The maximum Gasteiger partial charge on any atom is 0.282 e. The van der Waals surface area contributed by atoms with Gasteiger partial charge in [0.05, 0.1) is 10.5 Å². The van der Waals surface area contributed by atoms with Crippen molar-refractivity contribution in [2.45, 2.75) is 6.42 Å². The van der Waals surface area contributed by atoms with Crippen LogP contribution in [0.25, 0.3) is 0 Å². The third-order valence-electron chi connectivity index (χ3n) is 3.12. The van der Waals surface area contributed by atoms with Gasteiger partial charge in [0.25, 0.3) is 17.5 Å². The number of imide groups is 1. The van der Waals surface area contributed by atoms with Crippen LogP contribution in [0.15, 0.2) is 18.2 Å². The topological polar surface area (TPSA) is 97.6 Å². The molecule has 0 unspecified atom stereocenters. The monoisotopic (exact) mass is 322 g/mol. The summed E-state index contributed by atoms with van der Waals surface area (Å²) in [7, 11) is -0.168. The summed E-state index contributed by atoms with van der Waals surface area (Å²) in [5, 5.41) is 12.5. The maximum absolute atomic E-state index is 12.2. The highest BCUT2D eigenvalue weighted by Gasteiger charge is 2.40. The summed E-state index contributed by atoms with van der Waals surface area (Å²) in [5.74, 6) is -1.46. The standard InChI is InChI=1S/C14H14N2O5S/c1-22(2)8-9(17)6-7-15-13(18)10-4-3-5-11(16(20)21)12(10)14(15)19/h3-5,8H,6-7H2,1-2H3. The molecule has 1 aromatic carbocycles. The van der Waals surface area contributed by atoms with E-state index in [0.717, 1.165) is 4.90 Å². The summed E-state index contributed by atoms with van der Waals surface area (Å²) >= 11 is 0. The Balaban J connectivity index is 2.25. The molecule has 0 aromatic heterocycles. The fourth-order valence-electron chi connectivity index (χ4n) is 2.21. The minimum Gasteiger partial charge on any atom is -0.294 e. The van der Waals surface area contributed by atoms with Crippen molar-refractivity contribution in [3.63, 3.8) is 0 Å². The van der Waals surface area contributed by atoms with Gasteiger partial charge < -0.3 is 0 Å². The van der Waals surface area contributed by atoms with Gasteiger partial charge in [0, 0.05) is 24.4 Å². The van der Waals surface area contributed by atoms with Crippen LogP contribution in [0.5, 0.6) is 0 Å². The molecule has 7 nitrogen and oxygen atoms in total. The van der Waals surface area contributed by atoms with Gasteiger partial charge in [0.15, 0.2) is 5.78 Å². The van der Waals surface area contributed by atoms with Crippen LogP contribution in [0.2, 0.25) is 0 Å². The lowest BCUT2D eigenvalue weighted by atomic mass is 10.1. The molecule has 1 aromatic rings. The molecule has 0 saturated heterocycles. The molecule has 1 aliphatic rings. The van der Waals surface area contributed by atoms with Crippen molar-refractivity contribution < 1.29 is 19.3 Å². The van der Waals surface area contributed by atoms with Crippen molar-refractivity contribution in [3.8, 4) is 0 Å². The molecule has 2 rings (SSSR count). The zero-order valence-corrected chi connectivity index (χ0v) is 12.9. The molecule has 0 bridgehead atoms. The third kappa shape index (κ3) is 2.96. The number of nitro benzene ring substituents is 1. The number of amides is 2. The number of nitro groups is 1. The Bertz CT molecular complexity index is 722. The first kappa shape index (κ1) is 16.0. The third-order valence-corrected chi connectivity index (χ3v) is 3.86. The molecule has 22 heavy (non-hydrogen) atoms. The minimum atomic E-state index is -0.716. The van der Waals surface area contributed by atoms with Crippen LogP contribution >= 0.6 is 10.5 Å². The van der Waals surface area contributed by atoms with E-state index in [9.17, 15) is 24.5 Å². The number of benzene rings is 1. The highest BCUT2D eigenvalue weighted by Crippen LogP contribution is 2.30. The first-order valence-electron chi connectivity index (χ1n) is 6.40. The van der Waals surface area contributed by atoms with Gasteiger partial charge in [-0.05, 0) is 18.6 Å². The smallest absolute Gasteiger partial charge is 0.282 e. The largest absolute Gasteiger partial charge is 0.294 e. The van der Waals surface area contributed by atoms with Crippen LogP contribution in [0.4, 0.5) is 5.69 Å². The van der Waals surface area contributed by atoms with E-state index in [1.54, 1.807) is 5.37 Å². The fourth-order valence-corrected chi connectivity index (χ4v) is 2.86. The number of carbonyl (C=O) groups excluding carboxylic acids is 3. The summed E-state index contributed by atoms with van der Waals surface area (Å²) in [6.45, 7) is -0.0734. The Labute approximate surface area is 129 Å². The van der Waals surface area contributed by atoms with Crippen molar-refractivity contribution >= 4 is 39.1 Å². The van der Waals surface area contributed by atoms with Crippen LogP contribution in [0.1, 0.15) is 27.1 Å². The van der Waals surface area contributed by atoms with Crippen LogP contribution in [-0.4, -0.2) is 51.8 Å². The normalized spacial score (nSPS) is 13.5. The number of nitrogens with zero attached hydrogens (tertiary/aromatic N) is 2. The Morgan fingerprint density at radius 3 is 2.59 bits per heavy atom. The Kier molecular flexibility index (Phi) is 4.51. The molecule has 0 atom stereocenters. The predicted octanol–water partition coefficient (Wildman–Crippen LogP) is 1.48. The molecular formula is C14H14N2O5S. The predicted molar refractivity (Wildman–Crippen MR) is 83.6 cm³/mol. The van der Waals surface area contributed by atoms with Gasteiger partial charge >= 0.3 is 0 Å². The number of hydrogen-bond donors (Lipinski definition) is 0. The molecule has 0 spiro atoms. The fraction of sp³-hybridized carbons (Fsp3) is 0.286. The lowest BCUT2D eigenvalue weighted by Gasteiger charge is -2.12. The minimum absolute atomic E-state index is 0.0152. The van der Waals surface area contributed by atoms with Crippen molar-refractivity contribution in [1.29, 1.82) is 0 Å². The van der Waals surface area contributed by atoms with E-state index in [4.69, 9.17) is 0 Å². The Morgan fingerprint density at radius 1 is 1.32 bits per heavy atom. The SMILES string of the molecule is CS(C)=CC(=O)CCN1C(=O)c2cccc([N+](=O)[O-])c2C1=O. The summed E-state index contributed by atoms with van der Waals surface area (Å²) in [5.41, 5.74) is -0.569. The first-order chi connectivity index (χ1) is 10.3. The highest BCUT2D eigenvalue weighted by atomic mass is 32.2. The number of Topliss-reactive ketones (excluding diaryl/α,β-unsaturated/α-hetero) is 1. The van der Waals surface area contributed by atoms with E-state index in [0.29, 0.717) is 0 Å². The average Bonchev–Trinajstić information content (AvgIpc) is 2.68. The van der Waals surface area contributed by atoms with Gasteiger partial charge in [-0.1, -0.05) is 6.07 Å². The molecule has 0 radical (unpaired) electrons. The summed E-state index contributed by atoms with van der Waals surface area (Å²) in [6.07, 6.45) is 3.77. The van der Waals surface area contributed by atoms with E-state index >= 15 is 0 Å². The van der Waals surface area contributed by atoms with Crippen LogP contribution in [-0.2, 0) is 4.79 Å². The Morgan fingerprint density at radius 2 is 2.00 bits per heavy atom. The van der Waals surface area contributed by atoms with Crippen LogP contribution in [0, 0.1) is 10.1 Å². The lowest BCUT2D eigenvalue weighted by molar-refractivity contribution is -0.385. The van der Waals surface area contributed by atoms with Crippen molar-refractivity contribution in [3.05, 3.63) is 39.4 Å². The molecule has 2 amide bonds. The lowest BCUT2D eigenvalue weighted by Crippen LogP contribution is -2.32. The number of ketones is 1. The molecule has 1 aliphatic heterocycles. The molecule has 0 fully saturated rings. The van der Waals surface area contributed by atoms with E-state index < -0.39 is 16.7 Å². The summed E-state index contributed by atoms with van der Waals surface area (Å²) in [4.78, 5) is 47.3. The number of fused-ring (bicyclic) bond motifs is 1. The highest BCUT2D eigenvalue weighted by molar-refractivity contribution is 8.14. The van der Waals surface area contributed by atoms with Crippen LogP contribution < -0.4 is 0 Å². The molecule has 0 saturated carbocycles. The molecule has 1 heterocycles. The number of hydrogen-bond acceptors (Lipinski definition) is 5. The quantitative estimate of drug-likeness (QED) is 0.354. The second kappa shape index (κ2) is 6.18. The molecule has 116 valence electrons.